The minimum absolute atomic E-state index is 0.0119. The molecule has 7 heteroatoms. The second kappa shape index (κ2) is 9.07. The summed E-state index contributed by atoms with van der Waals surface area (Å²) < 4.78 is 27.6. The first-order valence-corrected chi connectivity index (χ1v) is 11.5. The Labute approximate surface area is 173 Å². The molecule has 1 fully saturated rings. The molecule has 1 saturated heterocycles. The molecule has 0 aliphatic carbocycles. The third kappa shape index (κ3) is 5.23. The van der Waals surface area contributed by atoms with Gasteiger partial charge in [-0.3, -0.25) is 4.79 Å². The average Bonchev–Trinajstić information content (AvgIpc) is 2.70. The normalized spacial score (nSPS) is 17.1. The zero-order chi connectivity index (χ0) is 21.0. The van der Waals surface area contributed by atoms with E-state index in [2.05, 4.69) is 5.32 Å². The second-order valence-corrected chi connectivity index (χ2v) is 9.71. The Balaban J connectivity index is 1.55. The molecule has 1 amide bonds. The summed E-state index contributed by atoms with van der Waals surface area (Å²) in [6, 6.07) is 15.3. The standard InChI is InChI=1S/C22H29N3O3S/c1-17-9-10-18(2)21(15-17)29(27,28)25-13-11-24(12-14-25)16-22(26)23-19(3)20-7-5-4-6-8-20/h4-10,15,19H,11-14,16H2,1-3H3,(H,23,26)/p+1/t19-/m0/s1. The Bertz CT molecular complexity index is 953. The molecular weight excluding hydrogens is 386 g/mol. The van der Waals surface area contributed by atoms with E-state index in [0.717, 1.165) is 21.6 Å². The molecule has 0 bridgehead atoms. The van der Waals surface area contributed by atoms with Crippen LogP contribution in [0.2, 0.25) is 0 Å². The molecule has 1 atom stereocenters. The molecule has 2 aromatic carbocycles. The molecule has 1 aliphatic heterocycles. The number of sulfonamides is 1. The lowest BCUT2D eigenvalue weighted by Crippen LogP contribution is -3.15. The second-order valence-electron chi connectivity index (χ2n) is 7.80. The van der Waals surface area contributed by atoms with Crippen LogP contribution < -0.4 is 10.2 Å². The number of hydrogen-bond acceptors (Lipinski definition) is 3. The van der Waals surface area contributed by atoms with E-state index < -0.39 is 10.0 Å². The highest BCUT2D eigenvalue weighted by molar-refractivity contribution is 7.89. The van der Waals surface area contributed by atoms with Gasteiger partial charge in [0, 0.05) is 0 Å². The van der Waals surface area contributed by atoms with E-state index in [1.165, 1.54) is 0 Å². The Morgan fingerprint density at radius 1 is 1.10 bits per heavy atom. The van der Waals surface area contributed by atoms with Crippen molar-refractivity contribution in [3.05, 3.63) is 65.2 Å². The molecule has 1 aliphatic rings. The van der Waals surface area contributed by atoms with Crippen LogP contribution in [-0.4, -0.2) is 51.4 Å². The number of nitrogens with zero attached hydrogens (tertiary/aromatic N) is 1. The van der Waals surface area contributed by atoms with Crippen molar-refractivity contribution in [1.82, 2.24) is 9.62 Å². The predicted octanol–water partition coefficient (Wildman–Crippen LogP) is 1.07. The van der Waals surface area contributed by atoms with Gasteiger partial charge in [-0.1, -0.05) is 42.5 Å². The first kappa shape index (κ1) is 21.5. The van der Waals surface area contributed by atoms with Gasteiger partial charge in [0.2, 0.25) is 10.0 Å². The molecule has 0 saturated carbocycles. The Morgan fingerprint density at radius 2 is 1.76 bits per heavy atom. The number of carbonyl (C=O) groups is 1. The number of nitrogens with one attached hydrogen (secondary N) is 2. The highest BCUT2D eigenvalue weighted by atomic mass is 32.2. The number of piperazine rings is 1. The Kier molecular flexibility index (Phi) is 6.72. The third-order valence-corrected chi connectivity index (χ3v) is 7.52. The summed E-state index contributed by atoms with van der Waals surface area (Å²) in [5.41, 5.74) is 2.77. The van der Waals surface area contributed by atoms with Crippen molar-refractivity contribution in [2.45, 2.75) is 31.7 Å². The summed E-state index contributed by atoms with van der Waals surface area (Å²) in [6.45, 7) is 8.14. The molecule has 0 radical (unpaired) electrons. The number of amides is 1. The van der Waals surface area contributed by atoms with Crippen LogP contribution in [0.4, 0.5) is 0 Å². The fourth-order valence-corrected chi connectivity index (χ4v) is 5.44. The summed E-state index contributed by atoms with van der Waals surface area (Å²) in [6.07, 6.45) is 0. The van der Waals surface area contributed by atoms with Gasteiger partial charge >= 0.3 is 0 Å². The summed E-state index contributed by atoms with van der Waals surface area (Å²) >= 11 is 0. The lowest BCUT2D eigenvalue weighted by molar-refractivity contribution is -0.895. The fraction of sp³-hybridized carbons (Fsp3) is 0.409. The van der Waals surface area contributed by atoms with Crippen LogP contribution in [0.15, 0.2) is 53.4 Å². The third-order valence-electron chi connectivity index (χ3n) is 5.48. The van der Waals surface area contributed by atoms with Gasteiger partial charge < -0.3 is 10.2 Å². The summed E-state index contributed by atoms with van der Waals surface area (Å²) in [5, 5.41) is 3.03. The minimum Gasteiger partial charge on any atom is -0.345 e. The number of rotatable bonds is 6. The molecule has 3 rings (SSSR count). The lowest BCUT2D eigenvalue weighted by Gasteiger charge is -2.31. The molecular formula is C22H30N3O3S+. The van der Waals surface area contributed by atoms with Gasteiger partial charge in [0.05, 0.1) is 37.1 Å². The highest BCUT2D eigenvalue weighted by Crippen LogP contribution is 2.21. The van der Waals surface area contributed by atoms with E-state index in [-0.39, 0.29) is 11.9 Å². The maximum absolute atomic E-state index is 13.0. The maximum atomic E-state index is 13.0. The number of hydrogen-bond donors (Lipinski definition) is 2. The van der Waals surface area contributed by atoms with Crippen LogP contribution in [0.5, 0.6) is 0 Å². The van der Waals surface area contributed by atoms with E-state index in [4.69, 9.17) is 0 Å². The first-order valence-electron chi connectivity index (χ1n) is 10.0. The van der Waals surface area contributed by atoms with Gasteiger partial charge in [0.1, 0.15) is 0 Å². The fourth-order valence-electron chi connectivity index (χ4n) is 3.69. The van der Waals surface area contributed by atoms with Gasteiger partial charge in [-0.25, -0.2) is 8.42 Å². The van der Waals surface area contributed by atoms with E-state index in [9.17, 15) is 13.2 Å². The quantitative estimate of drug-likeness (QED) is 0.740. The first-order chi connectivity index (χ1) is 13.8. The van der Waals surface area contributed by atoms with Gasteiger partial charge in [-0.05, 0) is 43.5 Å². The highest BCUT2D eigenvalue weighted by Gasteiger charge is 2.32. The number of quaternary nitrogens is 1. The molecule has 2 N–H and O–H groups in total. The van der Waals surface area contributed by atoms with Crippen molar-refractivity contribution in [2.24, 2.45) is 0 Å². The molecule has 2 aromatic rings. The van der Waals surface area contributed by atoms with Crippen molar-refractivity contribution in [3.8, 4) is 0 Å². The summed E-state index contributed by atoms with van der Waals surface area (Å²) in [4.78, 5) is 13.9. The molecule has 6 nitrogen and oxygen atoms in total. The lowest BCUT2D eigenvalue weighted by atomic mass is 10.1. The van der Waals surface area contributed by atoms with Crippen LogP contribution in [0.25, 0.3) is 0 Å². The predicted molar refractivity (Wildman–Crippen MR) is 113 cm³/mol. The number of aryl methyl sites for hydroxylation is 2. The minimum atomic E-state index is -3.50. The SMILES string of the molecule is Cc1ccc(C)c(S(=O)(=O)N2CC[NH+](CC(=O)N[C@@H](C)c3ccccc3)CC2)c1. The van der Waals surface area contributed by atoms with Gasteiger partial charge in [-0.2, -0.15) is 4.31 Å². The van der Waals surface area contributed by atoms with Crippen molar-refractivity contribution in [2.75, 3.05) is 32.7 Å². The summed E-state index contributed by atoms with van der Waals surface area (Å²) in [5.74, 6) is -0.0119. The van der Waals surface area contributed by atoms with Crippen molar-refractivity contribution in [1.29, 1.82) is 0 Å². The van der Waals surface area contributed by atoms with E-state index in [1.54, 1.807) is 10.4 Å². The van der Waals surface area contributed by atoms with Crippen molar-refractivity contribution >= 4 is 15.9 Å². The van der Waals surface area contributed by atoms with Gasteiger partial charge in [0.25, 0.3) is 5.91 Å². The van der Waals surface area contributed by atoms with Crippen molar-refractivity contribution in [3.63, 3.8) is 0 Å². The molecule has 1 heterocycles. The molecule has 29 heavy (non-hydrogen) atoms. The zero-order valence-corrected chi connectivity index (χ0v) is 18.1. The van der Waals surface area contributed by atoms with E-state index in [1.807, 2.05) is 63.2 Å². The number of benzene rings is 2. The van der Waals surface area contributed by atoms with E-state index >= 15 is 0 Å². The van der Waals surface area contributed by atoms with Gasteiger partial charge in [0.15, 0.2) is 6.54 Å². The van der Waals surface area contributed by atoms with E-state index in [0.29, 0.717) is 37.6 Å². The number of carbonyl (C=O) groups excluding carboxylic acids is 1. The average molecular weight is 417 g/mol. The van der Waals surface area contributed by atoms with Crippen LogP contribution in [0.1, 0.15) is 29.7 Å². The maximum Gasteiger partial charge on any atom is 0.275 e. The molecule has 156 valence electrons. The molecule has 0 spiro atoms. The Hall–Kier alpha value is -2.22. The monoisotopic (exact) mass is 416 g/mol. The summed E-state index contributed by atoms with van der Waals surface area (Å²) in [7, 11) is -3.50. The van der Waals surface area contributed by atoms with Gasteiger partial charge in [-0.15, -0.1) is 0 Å². The molecule has 0 unspecified atom stereocenters. The van der Waals surface area contributed by atoms with Crippen LogP contribution in [-0.2, 0) is 14.8 Å². The van der Waals surface area contributed by atoms with Crippen LogP contribution in [0, 0.1) is 13.8 Å². The Morgan fingerprint density at radius 3 is 2.41 bits per heavy atom. The largest absolute Gasteiger partial charge is 0.345 e. The smallest absolute Gasteiger partial charge is 0.275 e. The van der Waals surface area contributed by atoms with Crippen LogP contribution >= 0.6 is 0 Å². The zero-order valence-electron chi connectivity index (χ0n) is 17.3. The van der Waals surface area contributed by atoms with Crippen LogP contribution in [0.3, 0.4) is 0 Å². The topological polar surface area (TPSA) is 70.9 Å². The van der Waals surface area contributed by atoms with Crippen molar-refractivity contribution < 1.29 is 18.1 Å². The molecule has 0 aromatic heterocycles.